The van der Waals surface area contributed by atoms with Crippen LogP contribution in [0.5, 0.6) is 0 Å². The molecule has 0 radical (unpaired) electrons. The van der Waals surface area contributed by atoms with Crippen LogP contribution in [0.15, 0.2) is 36.4 Å². The highest BCUT2D eigenvalue weighted by atomic mass is 32.1. The van der Waals surface area contributed by atoms with Gasteiger partial charge in [-0.05, 0) is 25.5 Å². The Morgan fingerprint density at radius 1 is 1.43 bits per heavy atom. The molecule has 0 aliphatic rings. The van der Waals surface area contributed by atoms with Crippen LogP contribution in [0.3, 0.4) is 0 Å². The summed E-state index contributed by atoms with van der Waals surface area (Å²) in [5.41, 5.74) is 2.35. The second-order valence-electron chi connectivity index (χ2n) is 3.53. The molecule has 0 aliphatic heterocycles. The van der Waals surface area contributed by atoms with Gasteiger partial charge in [-0.1, -0.05) is 17.7 Å². The van der Waals surface area contributed by atoms with Crippen molar-refractivity contribution in [3.8, 4) is 0 Å². The van der Waals surface area contributed by atoms with E-state index in [1.165, 1.54) is 15.3 Å². The quantitative estimate of drug-likeness (QED) is 0.691. The second kappa shape index (κ2) is 3.93. The molecule has 0 unspecified atom stereocenters. The van der Waals surface area contributed by atoms with Crippen LogP contribution in [-0.4, -0.2) is 4.98 Å². The summed E-state index contributed by atoms with van der Waals surface area (Å²) in [5.74, 6) is 0. The minimum atomic E-state index is 1.02. The molecule has 1 aromatic heterocycles. The van der Waals surface area contributed by atoms with Gasteiger partial charge in [-0.3, -0.25) is 0 Å². The Hall–Kier alpha value is -1.15. The average molecular weight is 203 g/mol. The molecule has 1 nitrogen and oxygen atoms in total. The fraction of sp³-hybridized carbons (Fsp3) is 0.250. The lowest BCUT2D eigenvalue weighted by Crippen LogP contribution is -1.83. The van der Waals surface area contributed by atoms with Gasteiger partial charge in [0, 0.05) is 6.42 Å². The number of hydrogen-bond donors (Lipinski definition) is 0. The molecule has 1 heterocycles. The van der Waals surface area contributed by atoms with Crippen molar-refractivity contribution < 1.29 is 0 Å². The molecule has 2 aromatic rings. The molecule has 0 amide bonds. The first-order chi connectivity index (χ1) is 6.75. The van der Waals surface area contributed by atoms with E-state index in [1.807, 2.05) is 6.07 Å². The number of para-hydroxylation sites is 1. The van der Waals surface area contributed by atoms with Crippen molar-refractivity contribution in [2.75, 3.05) is 0 Å². The highest BCUT2D eigenvalue weighted by Crippen LogP contribution is 2.22. The van der Waals surface area contributed by atoms with Crippen LogP contribution >= 0.6 is 11.3 Å². The maximum Gasteiger partial charge on any atom is 0.0941 e. The molecular weight excluding hydrogens is 190 g/mol. The molecule has 2 rings (SSSR count). The summed E-state index contributed by atoms with van der Waals surface area (Å²) < 4.78 is 1.28. The monoisotopic (exact) mass is 203 g/mol. The van der Waals surface area contributed by atoms with E-state index < -0.39 is 0 Å². The van der Waals surface area contributed by atoms with Crippen molar-refractivity contribution in [2.45, 2.75) is 19.8 Å². The topological polar surface area (TPSA) is 12.9 Å². The zero-order valence-electron chi connectivity index (χ0n) is 8.29. The lowest BCUT2D eigenvalue weighted by Gasteiger charge is -1.93. The van der Waals surface area contributed by atoms with E-state index in [0.717, 1.165) is 18.4 Å². The van der Waals surface area contributed by atoms with Crippen LogP contribution in [-0.2, 0) is 6.42 Å². The summed E-state index contributed by atoms with van der Waals surface area (Å²) in [6.07, 6.45) is 2.06. The van der Waals surface area contributed by atoms with E-state index in [2.05, 4.69) is 36.7 Å². The molecule has 1 aromatic carbocycles. The van der Waals surface area contributed by atoms with Crippen molar-refractivity contribution in [1.82, 2.24) is 4.98 Å². The van der Waals surface area contributed by atoms with Crippen LogP contribution < -0.4 is 0 Å². The summed E-state index contributed by atoms with van der Waals surface area (Å²) >= 11 is 1.79. The van der Waals surface area contributed by atoms with Crippen LogP contribution in [0, 0.1) is 0 Å². The largest absolute Gasteiger partial charge is 0.241 e. The first-order valence-corrected chi connectivity index (χ1v) is 5.56. The third kappa shape index (κ3) is 2.02. The lowest BCUT2D eigenvalue weighted by atomic mass is 10.2. The van der Waals surface area contributed by atoms with Crippen molar-refractivity contribution in [3.05, 3.63) is 41.4 Å². The molecule has 0 saturated heterocycles. The molecule has 0 fully saturated rings. The van der Waals surface area contributed by atoms with Crippen molar-refractivity contribution in [1.29, 1.82) is 0 Å². The molecule has 0 aliphatic carbocycles. The van der Waals surface area contributed by atoms with Crippen LogP contribution in [0.1, 0.15) is 18.4 Å². The Bertz CT molecular complexity index is 423. The first-order valence-electron chi connectivity index (χ1n) is 4.74. The molecule has 0 spiro atoms. The number of rotatable bonds is 3. The summed E-state index contributed by atoms with van der Waals surface area (Å²) in [4.78, 5) is 4.56. The summed E-state index contributed by atoms with van der Waals surface area (Å²) in [7, 11) is 0. The number of nitrogens with zero attached hydrogens (tertiary/aromatic N) is 1. The normalized spacial score (nSPS) is 10.6. The fourth-order valence-electron chi connectivity index (χ4n) is 1.35. The third-order valence-electron chi connectivity index (χ3n) is 2.10. The highest BCUT2D eigenvalue weighted by molar-refractivity contribution is 7.18. The molecule has 72 valence electrons. The van der Waals surface area contributed by atoms with Gasteiger partial charge in [0.1, 0.15) is 0 Å². The maximum atomic E-state index is 4.56. The number of benzene rings is 1. The van der Waals surface area contributed by atoms with E-state index in [1.54, 1.807) is 11.3 Å². The highest BCUT2D eigenvalue weighted by Gasteiger charge is 2.02. The Kier molecular flexibility index (Phi) is 2.64. The van der Waals surface area contributed by atoms with Gasteiger partial charge in [-0.15, -0.1) is 17.9 Å². The van der Waals surface area contributed by atoms with Crippen molar-refractivity contribution in [2.24, 2.45) is 0 Å². The maximum absolute atomic E-state index is 4.56. The van der Waals surface area contributed by atoms with Gasteiger partial charge in [-0.25, -0.2) is 4.98 Å². The van der Waals surface area contributed by atoms with E-state index >= 15 is 0 Å². The van der Waals surface area contributed by atoms with Gasteiger partial charge in [0.05, 0.1) is 15.2 Å². The smallest absolute Gasteiger partial charge is 0.0941 e. The molecule has 14 heavy (non-hydrogen) atoms. The predicted molar refractivity (Wildman–Crippen MR) is 62.8 cm³/mol. The van der Waals surface area contributed by atoms with E-state index in [-0.39, 0.29) is 0 Å². The molecule has 0 N–H and O–H groups in total. The number of aromatic nitrogens is 1. The minimum absolute atomic E-state index is 1.02. The fourth-order valence-corrected chi connectivity index (χ4v) is 2.31. The number of fused-ring (bicyclic) bond motifs is 1. The number of hydrogen-bond acceptors (Lipinski definition) is 2. The number of allylic oxidation sites excluding steroid dienone is 1. The van der Waals surface area contributed by atoms with Crippen LogP contribution in [0.4, 0.5) is 0 Å². The van der Waals surface area contributed by atoms with Crippen molar-refractivity contribution >= 4 is 21.6 Å². The average Bonchev–Trinajstić information content (AvgIpc) is 2.57. The summed E-state index contributed by atoms with van der Waals surface area (Å²) in [6.45, 7) is 5.96. The summed E-state index contributed by atoms with van der Waals surface area (Å²) in [6, 6.07) is 8.28. The molecule has 0 atom stereocenters. The van der Waals surface area contributed by atoms with Crippen LogP contribution in [0.25, 0.3) is 10.2 Å². The Labute approximate surface area is 88.1 Å². The number of thiazole rings is 1. The van der Waals surface area contributed by atoms with Gasteiger partial charge < -0.3 is 0 Å². The zero-order valence-corrected chi connectivity index (χ0v) is 9.10. The van der Waals surface area contributed by atoms with Crippen LogP contribution in [0.2, 0.25) is 0 Å². The van der Waals surface area contributed by atoms with Gasteiger partial charge in [0.2, 0.25) is 0 Å². The lowest BCUT2D eigenvalue weighted by molar-refractivity contribution is 0.936. The van der Waals surface area contributed by atoms with Crippen molar-refractivity contribution in [3.63, 3.8) is 0 Å². The first kappa shape index (κ1) is 9.41. The predicted octanol–water partition coefficient (Wildman–Crippen LogP) is 3.81. The third-order valence-corrected chi connectivity index (χ3v) is 3.20. The van der Waals surface area contributed by atoms with Gasteiger partial charge in [0.15, 0.2) is 0 Å². The van der Waals surface area contributed by atoms with Gasteiger partial charge >= 0.3 is 0 Å². The van der Waals surface area contributed by atoms with Gasteiger partial charge in [0.25, 0.3) is 0 Å². The minimum Gasteiger partial charge on any atom is -0.241 e. The molecule has 0 saturated carbocycles. The summed E-state index contributed by atoms with van der Waals surface area (Å²) in [5, 5.41) is 1.22. The molecule has 2 heteroatoms. The Morgan fingerprint density at radius 3 is 2.93 bits per heavy atom. The molecule has 0 bridgehead atoms. The second-order valence-corrected chi connectivity index (χ2v) is 4.65. The van der Waals surface area contributed by atoms with E-state index in [9.17, 15) is 0 Å². The van der Waals surface area contributed by atoms with E-state index in [4.69, 9.17) is 0 Å². The van der Waals surface area contributed by atoms with E-state index in [0.29, 0.717) is 0 Å². The standard InChI is InChI=1S/C12H13NS/c1-9(2)7-8-12-13-10-5-3-4-6-11(10)14-12/h3-6H,1,7-8H2,2H3. The number of aryl methyl sites for hydroxylation is 1. The molecular formula is C12H13NS. The zero-order chi connectivity index (χ0) is 9.97. The Balaban J connectivity index is 2.22. The Morgan fingerprint density at radius 2 is 2.21 bits per heavy atom. The SMILES string of the molecule is C=C(C)CCc1nc2ccccc2s1. The van der Waals surface area contributed by atoms with Gasteiger partial charge in [-0.2, -0.15) is 0 Å².